The molecule has 2 heteroatoms. The summed E-state index contributed by atoms with van der Waals surface area (Å²) in [5.41, 5.74) is 10.6. The molecule has 0 aliphatic rings. The third-order valence-corrected chi connectivity index (χ3v) is 3.95. The third-order valence-electron chi connectivity index (χ3n) is 3.72. The van der Waals surface area contributed by atoms with Crippen molar-refractivity contribution in [2.24, 2.45) is 5.73 Å². The van der Waals surface area contributed by atoms with Gasteiger partial charge in [0.05, 0.1) is 0 Å². The summed E-state index contributed by atoms with van der Waals surface area (Å²) in [6.07, 6.45) is 0. The lowest BCUT2D eigenvalue weighted by molar-refractivity contribution is 1.07. The van der Waals surface area contributed by atoms with Gasteiger partial charge in [-0.05, 0) is 52.1 Å². The second kappa shape index (κ2) is 5.28. The zero-order valence-electron chi connectivity index (χ0n) is 11.4. The van der Waals surface area contributed by atoms with Gasteiger partial charge in [0, 0.05) is 11.6 Å². The number of hydrogen-bond donors (Lipinski definition) is 1. The van der Waals surface area contributed by atoms with Crippen LogP contribution in [-0.2, 0) is 6.54 Å². The quantitative estimate of drug-likeness (QED) is 0.708. The Hall–Kier alpha value is -1.83. The molecule has 0 aliphatic heterocycles. The molecule has 100 valence electrons. The van der Waals surface area contributed by atoms with Crippen molar-refractivity contribution in [2.75, 3.05) is 0 Å². The fraction of sp³-hybridized carbons (Fsp3) is 0.111. The Balaban J connectivity index is 2.33. The summed E-state index contributed by atoms with van der Waals surface area (Å²) in [5.74, 6) is 0. The van der Waals surface area contributed by atoms with Gasteiger partial charge in [0.15, 0.2) is 0 Å². The number of rotatable bonds is 2. The van der Waals surface area contributed by atoms with Crippen molar-refractivity contribution in [3.63, 3.8) is 0 Å². The number of aryl methyl sites for hydroxylation is 1. The average Bonchev–Trinajstić information content (AvgIpc) is 2.48. The van der Waals surface area contributed by atoms with Gasteiger partial charge in [-0.3, -0.25) is 0 Å². The van der Waals surface area contributed by atoms with Gasteiger partial charge in [0.25, 0.3) is 0 Å². The number of halogens is 1. The van der Waals surface area contributed by atoms with Crippen LogP contribution in [0.2, 0.25) is 5.02 Å². The van der Waals surface area contributed by atoms with E-state index in [0.29, 0.717) is 6.54 Å². The molecule has 0 fully saturated rings. The van der Waals surface area contributed by atoms with Crippen molar-refractivity contribution >= 4 is 22.4 Å². The Morgan fingerprint density at radius 1 is 0.900 bits per heavy atom. The van der Waals surface area contributed by atoms with Crippen LogP contribution in [0.5, 0.6) is 0 Å². The molecular weight excluding hydrogens is 266 g/mol. The molecule has 0 aliphatic carbocycles. The molecule has 0 saturated heterocycles. The van der Waals surface area contributed by atoms with E-state index >= 15 is 0 Å². The monoisotopic (exact) mass is 281 g/mol. The van der Waals surface area contributed by atoms with E-state index in [-0.39, 0.29) is 0 Å². The van der Waals surface area contributed by atoms with Gasteiger partial charge in [0.2, 0.25) is 0 Å². The molecule has 0 heterocycles. The molecule has 0 atom stereocenters. The minimum atomic E-state index is 0.484. The highest BCUT2D eigenvalue weighted by Crippen LogP contribution is 2.33. The van der Waals surface area contributed by atoms with Gasteiger partial charge in [-0.15, -0.1) is 0 Å². The summed E-state index contributed by atoms with van der Waals surface area (Å²) >= 11 is 6.07. The Morgan fingerprint density at radius 3 is 2.35 bits per heavy atom. The minimum absolute atomic E-state index is 0.484. The Bertz CT molecular complexity index is 777. The van der Waals surface area contributed by atoms with Gasteiger partial charge >= 0.3 is 0 Å². The lowest BCUT2D eigenvalue weighted by atomic mass is 9.93. The topological polar surface area (TPSA) is 26.0 Å². The van der Waals surface area contributed by atoms with Crippen molar-refractivity contribution in [1.82, 2.24) is 0 Å². The first-order valence-corrected chi connectivity index (χ1v) is 7.05. The first-order chi connectivity index (χ1) is 9.70. The van der Waals surface area contributed by atoms with Crippen LogP contribution in [0, 0.1) is 6.92 Å². The van der Waals surface area contributed by atoms with Crippen LogP contribution in [-0.4, -0.2) is 0 Å². The fourth-order valence-electron chi connectivity index (χ4n) is 2.68. The summed E-state index contributed by atoms with van der Waals surface area (Å²) in [4.78, 5) is 0. The Labute approximate surface area is 124 Å². The van der Waals surface area contributed by atoms with Gasteiger partial charge in [0.1, 0.15) is 0 Å². The predicted molar refractivity (Wildman–Crippen MR) is 87.0 cm³/mol. The molecular formula is C18H16ClN. The normalized spacial score (nSPS) is 10.9. The number of nitrogens with two attached hydrogens (primary N) is 1. The lowest BCUT2D eigenvalue weighted by Gasteiger charge is -2.13. The van der Waals surface area contributed by atoms with Crippen molar-refractivity contribution < 1.29 is 0 Å². The Morgan fingerprint density at radius 2 is 1.60 bits per heavy atom. The first-order valence-electron chi connectivity index (χ1n) is 6.68. The second-order valence-electron chi connectivity index (χ2n) is 4.98. The molecule has 0 amide bonds. The summed E-state index contributed by atoms with van der Waals surface area (Å²) in [6.45, 7) is 2.62. The van der Waals surface area contributed by atoms with E-state index in [4.69, 9.17) is 17.3 Å². The van der Waals surface area contributed by atoms with E-state index in [2.05, 4.69) is 49.4 Å². The van der Waals surface area contributed by atoms with E-state index in [1.807, 2.05) is 12.1 Å². The summed E-state index contributed by atoms with van der Waals surface area (Å²) in [5, 5.41) is 3.26. The third kappa shape index (κ3) is 2.20. The Kier molecular flexibility index (Phi) is 3.47. The number of benzene rings is 3. The molecule has 0 aromatic heterocycles. The van der Waals surface area contributed by atoms with Crippen LogP contribution in [0.15, 0.2) is 54.6 Å². The largest absolute Gasteiger partial charge is 0.326 e. The van der Waals surface area contributed by atoms with E-state index in [1.165, 1.54) is 21.9 Å². The summed E-state index contributed by atoms with van der Waals surface area (Å²) in [7, 11) is 0. The zero-order chi connectivity index (χ0) is 14.1. The zero-order valence-corrected chi connectivity index (χ0v) is 12.1. The maximum absolute atomic E-state index is 6.07. The maximum Gasteiger partial charge on any atom is 0.0409 e. The van der Waals surface area contributed by atoms with Gasteiger partial charge in [-0.25, -0.2) is 0 Å². The highest BCUT2D eigenvalue weighted by atomic mass is 35.5. The SMILES string of the molecule is Cc1ccc(-c2ccc(Cl)cc2CN)c2ccccc12. The molecule has 0 bridgehead atoms. The standard InChI is InChI=1S/C18H16ClN/c1-12-6-8-18(17-5-3-2-4-15(12)17)16-9-7-14(19)10-13(16)11-20/h2-10H,11,20H2,1H3. The minimum Gasteiger partial charge on any atom is -0.326 e. The molecule has 2 N–H and O–H groups in total. The first kappa shape index (κ1) is 13.2. The smallest absolute Gasteiger partial charge is 0.0409 e. The highest BCUT2D eigenvalue weighted by Gasteiger charge is 2.09. The van der Waals surface area contributed by atoms with E-state index in [9.17, 15) is 0 Å². The van der Waals surface area contributed by atoms with E-state index in [1.54, 1.807) is 0 Å². The maximum atomic E-state index is 6.07. The van der Waals surface area contributed by atoms with E-state index < -0.39 is 0 Å². The molecule has 0 unspecified atom stereocenters. The second-order valence-corrected chi connectivity index (χ2v) is 5.42. The van der Waals surface area contributed by atoms with Crippen LogP contribution >= 0.6 is 11.6 Å². The molecule has 0 spiro atoms. The van der Waals surface area contributed by atoms with E-state index in [0.717, 1.165) is 16.1 Å². The van der Waals surface area contributed by atoms with Gasteiger partial charge in [-0.2, -0.15) is 0 Å². The van der Waals surface area contributed by atoms with Crippen molar-refractivity contribution in [1.29, 1.82) is 0 Å². The molecule has 0 saturated carbocycles. The van der Waals surface area contributed by atoms with Crippen LogP contribution in [0.4, 0.5) is 0 Å². The lowest BCUT2D eigenvalue weighted by Crippen LogP contribution is -1.99. The number of hydrogen-bond acceptors (Lipinski definition) is 1. The molecule has 0 radical (unpaired) electrons. The van der Waals surface area contributed by atoms with Crippen molar-refractivity contribution in [3.8, 4) is 11.1 Å². The molecule has 3 aromatic carbocycles. The summed E-state index contributed by atoms with van der Waals surface area (Å²) < 4.78 is 0. The van der Waals surface area contributed by atoms with Gasteiger partial charge < -0.3 is 5.73 Å². The molecule has 1 nitrogen and oxygen atoms in total. The average molecular weight is 282 g/mol. The molecule has 20 heavy (non-hydrogen) atoms. The highest BCUT2D eigenvalue weighted by molar-refractivity contribution is 6.30. The van der Waals surface area contributed by atoms with Crippen LogP contribution in [0.3, 0.4) is 0 Å². The summed E-state index contributed by atoms with van der Waals surface area (Å²) in [6, 6.07) is 18.7. The van der Waals surface area contributed by atoms with Crippen molar-refractivity contribution in [2.45, 2.75) is 13.5 Å². The predicted octanol–water partition coefficient (Wildman–Crippen LogP) is 4.93. The van der Waals surface area contributed by atoms with Crippen LogP contribution < -0.4 is 5.73 Å². The van der Waals surface area contributed by atoms with Gasteiger partial charge in [-0.1, -0.05) is 54.1 Å². The van der Waals surface area contributed by atoms with Crippen LogP contribution in [0.1, 0.15) is 11.1 Å². The number of fused-ring (bicyclic) bond motifs is 1. The van der Waals surface area contributed by atoms with Crippen LogP contribution in [0.25, 0.3) is 21.9 Å². The van der Waals surface area contributed by atoms with Crippen molar-refractivity contribution in [3.05, 3.63) is 70.7 Å². The molecule has 3 rings (SSSR count). The molecule has 3 aromatic rings. The fourth-order valence-corrected chi connectivity index (χ4v) is 2.87.